The summed E-state index contributed by atoms with van der Waals surface area (Å²) in [6.45, 7) is 7.97. The largest absolute Gasteiger partial charge is 0.103 e. The van der Waals surface area contributed by atoms with Gasteiger partial charge in [0.05, 0.1) is 0 Å². The standard InChI is InChI=1S/C13H16/c1-4-8-12-9-6-7-10-13(12)11(3)5-2/h4-7,9-10H,1,8H2,2-3H3/b11-5-. The summed E-state index contributed by atoms with van der Waals surface area (Å²) in [5.74, 6) is 0. The molecule has 0 heteroatoms. The van der Waals surface area contributed by atoms with Crippen LogP contribution in [0.2, 0.25) is 0 Å². The average molecular weight is 172 g/mol. The van der Waals surface area contributed by atoms with Crippen LogP contribution in [0.4, 0.5) is 0 Å². The van der Waals surface area contributed by atoms with E-state index in [1.165, 1.54) is 16.7 Å². The van der Waals surface area contributed by atoms with Gasteiger partial charge in [-0.15, -0.1) is 6.58 Å². The Morgan fingerprint density at radius 2 is 2.08 bits per heavy atom. The summed E-state index contributed by atoms with van der Waals surface area (Å²) in [6.07, 6.45) is 5.03. The fourth-order valence-electron chi connectivity index (χ4n) is 1.39. The van der Waals surface area contributed by atoms with E-state index in [0.717, 1.165) is 6.42 Å². The average Bonchev–Trinajstić information content (AvgIpc) is 2.18. The molecule has 1 aromatic rings. The first-order chi connectivity index (χ1) is 6.29. The third kappa shape index (κ3) is 2.32. The number of hydrogen-bond donors (Lipinski definition) is 0. The summed E-state index contributed by atoms with van der Waals surface area (Å²) in [6, 6.07) is 8.47. The molecule has 0 heterocycles. The monoisotopic (exact) mass is 172 g/mol. The normalized spacial score (nSPS) is 11.4. The molecule has 0 unspecified atom stereocenters. The van der Waals surface area contributed by atoms with Gasteiger partial charge in [0.15, 0.2) is 0 Å². The van der Waals surface area contributed by atoms with Crippen molar-refractivity contribution in [2.24, 2.45) is 0 Å². The zero-order valence-electron chi connectivity index (χ0n) is 8.38. The Balaban J connectivity index is 3.11. The van der Waals surface area contributed by atoms with Gasteiger partial charge in [-0.25, -0.2) is 0 Å². The van der Waals surface area contributed by atoms with Gasteiger partial charge in [0.2, 0.25) is 0 Å². The highest BCUT2D eigenvalue weighted by molar-refractivity contribution is 5.66. The van der Waals surface area contributed by atoms with Crippen LogP contribution in [0, 0.1) is 0 Å². The Labute approximate surface area is 80.6 Å². The highest BCUT2D eigenvalue weighted by Crippen LogP contribution is 2.18. The number of rotatable bonds is 3. The van der Waals surface area contributed by atoms with Crippen LogP contribution < -0.4 is 0 Å². The molecule has 0 N–H and O–H groups in total. The van der Waals surface area contributed by atoms with E-state index >= 15 is 0 Å². The summed E-state index contributed by atoms with van der Waals surface area (Å²) in [5, 5.41) is 0. The lowest BCUT2D eigenvalue weighted by molar-refractivity contribution is 1.25. The maximum absolute atomic E-state index is 3.76. The minimum Gasteiger partial charge on any atom is -0.103 e. The topological polar surface area (TPSA) is 0 Å². The van der Waals surface area contributed by atoms with Gasteiger partial charge in [0.1, 0.15) is 0 Å². The molecule has 0 atom stereocenters. The van der Waals surface area contributed by atoms with Crippen molar-refractivity contribution in [3.05, 3.63) is 54.1 Å². The molecule has 0 nitrogen and oxygen atoms in total. The number of benzene rings is 1. The summed E-state index contributed by atoms with van der Waals surface area (Å²) < 4.78 is 0. The Hall–Kier alpha value is -1.30. The minimum absolute atomic E-state index is 0.946. The molecule has 1 rings (SSSR count). The van der Waals surface area contributed by atoms with E-state index in [9.17, 15) is 0 Å². The minimum atomic E-state index is 0.946. The van der Waals surface area contributed by atoms with Crippen molar-refractivity contribution in [1.82, 2.24) is 0 Å². The first kappa shape index (κ1) is 9.79. The Bertz CT molecular complexity index is 319. The van der Waals surface area contributed by atoms with E-state index in [1.807, 2.05) is 6.08 Å². The van der Waals surface area contributed by atoms with Crippen molar-refractivity contribution in [2.75, 3.05) is 0 Å². The van der Waals surface area contributed by atoms with Crippen LogP contribution in [-0.4, -0.2) is 0 Å². The van der Waals surface area contributed by atoms with E-state index in [2.05, 4.69) is 50.8 Å². The maximum Gasteiger partial charge on any atom is -0.00941 e. The van der Waals surface area contributed by atoms with Gasteiger partial charge in [-0.3, -0.25) is 0 Å². The molecule has 0 spiro atoms. The van der Waals surface area contributed by atoms with Crippen LogP contribution in [-0.2, 0) is 6.42 Å². The predicted molar refractivity (Wildman–Crippen MR) is 59.7 cm³/mol. The Morgan fingerprint density at radius 1 is 1.38 bits per heavy atom. The summed E-state index contributed by atoms with van der Waals surface area (Å²) in [5.41, 5.74) is 4.02. The summed E-state index contributed by atoms with van der Waals surface area (Å²) in [4.78, 5) is 0. The van der Waals surface area contributed by atoms with Crippen LogP contribution in [0.3, 0.4) is 0 Å². The van der Waals surface area contributed by atoms with Gasteiger partial charge in [0.25, 0.3) is 0 Å². The summed E-state index contributed by atoms with van der Waals surface area (Å²) >= 11 is 0. The molecule has 0 radical (unpaired) electrons. The van der Waals surface area contributed by atoms with E-state index < -0.39 is 0 Å². The van der Waals surface area contributed by atoms with Crippen molar-refractivity contribution < 1.29 is 0 Å². The molecule has 0 aliphatic rings. The molecule has 0 aliphatic heterocycles. The van der Waals surface area contributed by atoms with Gasteiger partial charge < -0.3 is 0 Å². The van der Waals surface area contributed by atoms with Gasteiger partial charge >= 0.3 is 0 Å². The molecule has 13 heavy (non-hydrogen) atoms. The van der Waals surface area contributed by atoms with Gasteiger partial charge in [-0.2, -0.15) is 0 Å². The lowest BCUT2D eigenvalue weighted by atomic mass is 9.99. The van der Waals surface area contributed by atoms with E-state index in [1.54, 1.807) is 0 Å². The zero-order chi connectivity index (χ0) is 9.68. The molecule has 0 aromatic heterocycles. The van der Waals surface area contributed by atoms with Crippen LogP contribution >= 0.6 is 0 Å². The lowest BCUT2D eigenvalue weighted by Gasteiger charge is -2.07. The van der Waals surface area contributed by atoms with Crippen LogP contribution in [0.5, 0.6) is 0 Å². The summed E-state index contributed by atoms with van der Waals surface area (Å²) in [7, 11) is 0. The number of hydrogen-bond acceptors (Lipinski definition) is 0. The molecule has 0 aliphatic carbocycles. The van der Waals surface area contributed by atoms with Crippen LogP contribution in [0.25, 0.3) is 5.57 Å². The molecule has 0 amide bonds. The predicted octanol–water partition coefficient (Wildman–Crippen LogP) is 3.84. The van der Waals surface area contributed by atoms with Crippen molar-refractivity contribution in [1.29, 1.82) is 0 Å². The second-order valence-electron chi connectivity index (χ2n) is 3.12. The molecule has 1 aromatic carbocycles. The number of allylic oxidation sites excluding steroid dienone is 3. The SMILES string of the molecule is C=CCc1ccccc1/C(C)=C\C. The molecule has 0 bridgehead atoms. The maximum atomic E-state index is 3.76. The molecule has 0 saturated carbocycles. The molecule has 0 saturated heterocycles. The van der Waals surface area contributed by atoms with Crippen LogP contribution in [0.15, 0.2) is 43.0 Å². The van der Waals surface area contributed by atoms with Crippen molar-refractivity contribution in [2.45, 2.75) is 20.3 Å². The van der Waals surface area contributed by atoms with E-state index in [0.29, 0.717) is 0 Å². The fourth-order valence-corrected chi connectivity index (χ4v) is 1.39. The molecule has 0 fully saturated rings. The fraction of sp³-hybridized carbons (Fsp3) is 0.231. The van der Waals surface area contributed by atoms with Crippen LogP contribution in [0.1, 0.15) is 25.0 Å². The first-order valence-electron chi connectivity index (χ1n) is 4.61. The second kappa shape index (κ2) is 4.66. The molecule has 68 valence electrons. The Kier molecular flexibility index (Phi) is 3.51. The highest BCUT2D eigenvalue weighted by atomic mass is 14.0. The van der Waals surface area contributed by atoms with Gasteiger partial charge in [-0.1, -0.05) is 36.4 Å². The highest BCUT2D eigenvalue weighted by Gasteiger charge is 1.99. The van der Waals surface area contributed by atoms with Crippen molar-refractivity contribution in [3.63, 3.8) is 0 Å². The molecular formula is C13H16. The third-order valence-electron chi connectivity index (χ3n) is 2.24. The van der Waals surface area contributed by atoms with Crippen molar-refractivity contribution >= 4 is 5.57 Å². The zero-order valence-corrected chi connectivity index (χ0v) is 8.38. The molecular weight excluding hydrogens is 156 g/mol. The lowest BCUT2D eigenvalue weighted by Crippen LogP contribution is -1.89. The third-order valence-corrected chi connectivity index (χ3v) is 2.24. The quantitative estimate of drug-likeness (QED) is 0.608. The first-order valence-corrected chi connectivity index (χ1v) is 4.61. The second-order valence-corrected chi connectivity index (χ2v) is 3.12. The Morgan fingerprint density at radius 3 is 2.69 bits per heavy atom. The van der Waals surface area contributed by atoms with E-state index in [-0.39, 0.29) is 0 Å². The van der Waals surface area contributed by atoms with Gasteiger partial charge in [0, 0.05) is 0 Å². The van der Waals surface area contributed by atoms with E-state index in [4.69, 9.17) is 0 Å². The smallest absolute Gasteiger partial charge is 0.00941 e. The van der Waals surface area contributed by atoms with Gasteiger partial charge in [-0.05, 0) is 37.0 Å². The van der Waals surface area contributed by atoms with Crippen molar-refractivity contribution in [3.8, 4) is 0 Å².